The fourth-order valence-corrected chi connectivity index (χ4v) is 3.25. The van der Waals surface area contributed by atoms with Gasteiger partial charge in [-0.05, 0) is 36.8 Å². The van der Waals surface area contributed by atoms with Gasteiger partial charge in [0.05, 0.1) is 25.6 Å². The summed E-state index contributed by atoms with van der Waals surface area (Å²) in [6, 6.07) is 17.7. The maximum Gasteiger partial charge on any atom is 0.235 e. The Morgan fingerprint density at radius 2 is 2.00 bits per heavy atom. The molecular formula is C20H21N3O2S. The number of aryl methyl sites for hydroxylation is 1. The summed E-state index contributed by atoms with van der Waals surface area (Å²) in [4.78, 5) is 13.3. The van der Waals surface area contributed by atoms with E-state index in [1.54, 1.807) is 18.0 Å². The summed E-state index contributed by atoms with van der Waals surface area (Å²) in [6.07, 6.45) is 1.70. The lowest BCUT2D eigenvalue weighted by atomic mass is 10.1. The SMILES string of the molecule is COc1ccc(SCC(=O)Nc2ccnn2Cc2cccc(C)c2)cc1. The van der Waals surface area contributed by atoms with Crippen LogP contribution in [0, 0.1) is 6.92 Å². The number of ether oxygens (including phenoxy) is 1. The molecule has 3 aromatic rings. The fourth-order valence-electron chi connectivity index (χ4n) is 2.55. The highest BCUT2D eigenvalue weighted by molar-refractivity contribution is 8.00. The maximum absolute atomic E-state index is 12.3. The molecule has 0 saturated heterocycles. The van der Waals surface area contributed by atoms with Crippen molar-refractivity contribution in [2.45, 2.75) is 18.4 Å². The molecule has 0 unspecified atom stereocenters. The summed E-state index contributed by atoms with van der Waals surface area (Å²) in [5.41, 5.74) is 2.35. The number of carbonyl (C=O) groups is 1. The number of nitrogens with zero attached hydrogens (tertiary/aromatic N) is 2. The van der Waals surface area contributed by atoms with E-state index in [9.17, 15) is 4.79 Å². The first-order valence-electron chi connectivity index (χ1n) is 8.28. The number of carbonyl (C=O) groups excluding carboxylic acids is 1. The molecule has 1 heterocycles. The second kappa shape index (κ2) is 8.58. The van der Waals surface area contributed by atoms with Gasteiger partial charge in [-0.1, -0.05) is 29.8 Å². The van der Waals surface area contributed by atoms with Crippen LogP contribution in [0.25, 0.3) is 0 Å². The molecule has 26 heavy (non-hydrogen) atoms. The summed E-state index contributed by atoms with van der Waals surface area (Å²) >= 11 is 1.48. The zero-order chi connectivity index (χ0) is 18.4. The average molecular weight is 367 g/mol. The maximum atomic E-state index is 12.3. The Balaban J connectivity index is 1.57. The molecule has 1 amide bonds. The van der Waals surface area contributed by atoms with Gasteiger partial charge >= 0.3 is 0 Å². The third kappa shape index (κ3) is 4.89. The lowest BCUT2D eigenvalue weighted by Gasteiger charge is -2.10. The lowest BCUT2D eigenvalue weighted by Crippen LogP contribution is -2.17. The molecule has 0 aliphatic carbocycles. The molecule has 134 valence electrons. The molecule has 1 aromatic heterocycles. The van der Waals surface area contributed by atoms with E-state index in [2.05, 4.69) is 35.5 Å². The van der Waals surface area contributed by atoms with Gasteiger partial charge in [0.25, 0.3) is 0 Å². The number of amides is 1. The van der Waals surface area contributed by atoms with Crippen molar-refractivity contribution in [3.8, 4) is 5.75 Å². The Hall–Kier alpha value is -2.73. The Labute approximate surface area is 157 Å². The monoisotopic (exact) mass is 367 g/mol. The van der Waals surface area contributed by atoms with E-state index in [-0.39, 0.29) is 5.91 Å². The first kappa shape index (κ1) is 18.1. The van der Waals surface area contributed by atoms with Crippen molar-refractivity contribution < 1.29 is 9.53 Å². The Morgan fingerprint density at radius 3 is 2.73 bits per heavy atom. The summed E-state index contributed by atoms with van der Waals surface area (Å²) in [7, 11) is 1.63. The van der Waals surface area contributed by atoms with Crippen LogP contribution < -0.4 is 10.1 Å². The summed E-state index contributed by atoms with van der Waals surface area (Å²) in [5, 5.41) is 7.25. The van der Waals surface area contributed by atoms with Crippen LogP contribution >= 0.6 is 11.8 Å². The van der Waals surface area contributed by atoms with Gasteiger partial charge in [0.1, 0.15) is 11.6 Å². The van der Waals surface area contributed by atoms with E-state index in [4.69, 9.17) is 4.74 Å². The van der Waals surface area contributed by atoms with Crippen molar-refractivity contribution >= 4 is 23.5 Å². The molecule has 5 nitrogen and oxygen atoms in total. The molecule has 3 rings (SSSR count). The molecule has 0 aliphatic rings. The van der Waals surface area contributed by atoms with Crippen molar-refractivity contribution in [2.24, 2.45) is 0 Å². The van der Waals surface area contributed by atoms with Crippen molar-refractivity contribution in [1.29, 1.82) is 0 Å². The van der Waals surface area contributed by atoms with Crippen LogP contribution in [0.4, 0.5) is 5.82 Å². The van der Waals surface area contributed by atoms with E-state index in [0.29, 0.717) is 18.1 Å². The number of rotatable bonds is 7. The van der Waals surface area contributed by atoms with Crippen molar-refractivity contribution in [3.05, 3.63) is 71.9 Å². The fraction of sp³-hybridized carbons (Fsp3) is 0.200. The van der Waals surface area contributed by atoms with Gasteiger partial charge < -0.3 is 10.1 Å². The van der Waals surface area contributed by atoms with Crippen molar-refractivity contribution in [3.63, 3.8) is 0 Å². The van der Waals surface area contributed by atoms with Gasteiger partial charge in [0.15, 0.2) is 0 Å². The van der Waals surface area contributed by atoms with Gasteiger partial charge in [0.2, 0.25) is 5.91 Å². The molecule has 0 fully saturated rings. The molecule has 0 aliphatic heterocycles. The number of methoxy groups -OCH3 is 1. The molecule has 6 heteroatoms. The summed E-state index contributed by atoms with van der Waals surface area (Å²) < 4.78 is 6.93. The number of hydrogen-bond acceptors (Lipinski definition) is 4. The zero-order valence-corrected chi connectivity index (χ0v) is 15.6. The second-order valence-electron chi connectivity index (χ2n) is 5.88. The van der Waals surface area contributed by atoms with Crippen molar-refractivity contribution in [2.75, 3.05) is 18.2 Å². The molecule has 0 saturated carbocycles. The number of anilines is 1. The van der Waals surface area contributed by atoms with Gasteiger partial charge in [-0.2, -0.15) is 5.10 Å². The number of nitrogens with one attached hydrogen (secondary N) is 1. The topological polar surface area (TPSA) is 56.1 Å². The van der Waals surface area contributed by atoms with E-state index in [1.165, 1.54) is 17.3 Å². The van der Waals surface area contributed by atoms with Crippen LogP contribution in [0.3, 0.4) is 0 Å². The standard InChI is InChI=1S/C20H21N3O2S/c1-15-4-3-5-16(12-15)13-23-19(10-11-21-23)22-20(24)14-26-18-8-6-17(25-2)7-9-18/h3-12H,13-14H2,1-2H3,(H,22,24). The highest BCUT2D eigenvalue weighted by atomic mass is 32.2. The van der Waals surface area contributed by atoms with Crippen LogP contribution in [-0.4, -0.2) is 28.6 Å². The molecule has 1 N–H and O–H groups in total. The van der Waals surface area contributed by atoms with Crippen LogP contribution in [0.5, 0.6) is 5.75 Å². The van der Waals surface area contributed by atoms with Crippen LogP contribution in [0.15, 0.2) is 65.7 Å². The minimum atomic E-state index is -0.0585. The van der Waals surface area contributed by atoms with E-state index >= 15 is 0 Å². The minimum Gasteiger partial charge on any atom is -0.497 e. The smallest absolute Gasteiger partial charge is 0.235 e. The van der Waals surface area contributed by atoms with Crippen LogP contribution in [0.2, 0.25) is 0 Å². The molecule has 0 radical (unpaired) electrons. The third-order valence-electron chi connectivity index (χ3n) is 3.83. The van der Waals surface area contributed by atoms with Crippen LogP contribution in [-0.2, 0) is 11.3 Å². The van der Waals surface area contributed by atoms with Gasteiger partial charge in [-0.25, -0.2) is 4.68 Å². The zero-order valence-electron chi connectivity index (χ0n) is 14.8. The highest BCUT2D eigenvalue weighted by Gasteiger charge is 2.09. The first-order chi connectivity index (χ1) is 12.6. The van der Waals surface area contributed by atoms with E-state index in [0.717, 1.165) is 16.2 Å². The van der Waals surface area contributed by atoms with Gasteiger partial charge in [-0.15, -0.1) is 11.8 Å². The Morgan fingerprint density at radius 1 is 1.19 bits per heavy atom. The second-order valence-corrected chi connectivity index (χ2v) is 6.92. The lowest BCUT2D eigenvalue weighted by molar-refractivity contribution is -0.113. The number of aromatic nitrogens is 2. The van der Waals surface area contributed by atoms with Crippen LogP contribution in [0.1, 0.15) is 11.1 Å². The molecule has 2 aromatic carbocycles. The Kier molecular flexibility index (Phi) is 5.96. The first-order valence-corrected chi connectivity index (χ1v) is 9.26. The number of thioether (sulfide) groups is 1. The Bertz CT molecular complexity index is 875. The quantitative estimate of drug-likeness (QED) is 0.642. The van der Waals surface area contributed by atoms with Gasteiger partial charge in [-0.3, -0.25) is 4.79 Å². The normalized spacial score (nSPS) is 10.5. The minimum absolute atomic E-state index is 0.0585. The highest BCUT2D eigenvalue weighted by Crippen LogP contribution is 2.21. The predicted molar refractivity (Wildman–Crippen MR) is 105 cm³/mol. The van der Waals surface area contributed by atoms with E-state index < -0.39 is 0 Å². The number of hydrogen-bond donors (Lipinski definition) is 1. The molecule has 0 atom stereocenters. The third-order valence-corrected chi connectivity index (χ3v) is 4.84. The average Bonchev–Trinajstić information content (AvgIpc) is 3.07. The number of benzene rings is 2. The molecular weight excluding hydrogens is 346 g/mol. The van der Waals surface area contributed by atoms with Gasteiger partial charge in [0, 0.05) is 11.0 Å². The summed E-state index contributed by atoms with van der Waals surface area (Å²) in [6.45, 7) is 2.68. The molecule has 0 spiro atoms. The van der Waals surface area contributed by atoms with E-state index in [1.807, 2.05) is 36.4 Å². The predicted octanol–water partition coefficient (Wildman–Crippen LogP) is 3.98. The molecule has 0 bridgehead atoms. The van der Waals surface area contributed by atoms with Crippen molar-refractivity contribution in [1.82, 2.24) is 9.78 Å². The summed E-state index contributed by atoms with van der Waals surface area (Å²) in [5.74, 6) is 1.78. The largest absolute Gasteiger partial charge is 0.497 e.